The highest BCUT2D eigenvalue weighted by Gasteiger charge is 2.21. The van der Waals surface area contributed by atoms with E-state index in [0.717, 1.165) is 24.1 Å². The van der Waals surface area contributed by atoms with Gasteiger partial charge in [0.1, 0.15) is 5.52 Å². The molecule has 0 aliphatic heterocycles. The van der Waals surface area contributed by atoms with Crippen molar-refractivity contribution in [2.45, 2.75) is 39.5 Å². The van der Waals surface area contributed by atoms with Gasteiger partial charge in [-0.2, -0.15) is 5.26 Å². The van der Waals surface area contributed by atoms with Gasteiger partial charge < -0.3 is 0 Å². The number of hydrogen-bond acceptors (Lipinski definition) is 3. The van der Waals surface area contributed by atoms with E-state index in [0.29, 0.717) is 33.4 Å². The third-order valence-corrected chi connectivity index (χ3v) is 5.28. The van der Waals surface area contributed by atoms with Crippen molar-refractivity contribution in [3.63, 3.8) is 0 Å². The van der Waals surface area contributed by atoms with E-state index >= 15 is 0 Å². The van der Waals surface area contributed by atoms with Crippen LogP contribution in [0.3, 0.4) is 0 Å². The maximum Gasteiger partial charge on any atom is 0.278 e. The van der Waals surface area contributed by atoms with E-state index in [2.05, 4.69) is 26.0 Å². The van der Waals surface area contributed by atoms with Gasteiger partial charge in [0.15, 0.2) is 5.82 Å². The van der Waals surface area contributed by atoms with Crippen molar-refractivity contribution in [2.75, 3.05) is 0 Å². The molecule has 0 spiro atoms. The summed E-state index contributed by atoms with van der Waals surface area (Å²) in [5, 5.41) is 14.1. The summed E-state index contributed by atoms with van der Waals surface area (Å²) in [7, 11) is 1.71. The molecule has 0 amide bonds. The Bertz CT molecular complexity index is 1080. The van der Waals surface area contributed by atoms with Gasteiger partial charge in [-0.3, -0.25) is 9.36 Å². The molecule has 2 heterocycles. The Morgan fingerprint density at radius 1 is 1.27 bits per heavy atom. The van der Waals surface area contributed by atoms with Crippen LogP contribution < -0.4 is 5.56 Å². The zero-order chi connectivity index (χ0) is 19.0. The molecule has 3 aromatic rings. The summed E-state index contributed by atoms with van der Waals surface area (Å²) >= 11 is 6.34. The average molecular weight is 369 g/mol. The summed E-state index contributed by atoms with van der Waals surface area (Å²) in [6.45, 7) is 6.22. The SMILES string of the molecule is CCC(CC)c1cc(C)n2nc(-c3ccc(C#N)cc3Cl)n(C)c(=O)c12. The summed E-state index contributed by atoms with van der Waals surface area (Å²) in [6, 6.07) is 9.12. The summed E-state index contributed by atoms with van der Waals surface area (Å²) in [5.74, 6) is 0.810. The minimum atomic E-state index is -0.0922. The first kappa shape index (κ1) is 18.2. The number of fused-ring (bicyclic) bond motifs is 1. The van der Waals surface area contributed by atoms with Crippen LogP contribution >= 0.6 is 11.6 Å². The average Bonchev–Trinajstić information content (AvgIpc) is 2.96. The monoisotopic (exact) mass is 368 g/mol. The fourth-order valence-electron chi connectivity index (χ4n) is 3.45. The van der Waals surface area contributed by atoms with Crippen molar-refractivity contribution in [3.8, 4) is 17.5 Å². The lowest BCUT2D eigenvalue weighted by Gasteiger charge is -2.13. The quantitative estimate of drug-likeness (QED) is 0.684. The Morgan fingerprint density at radius 3 is 2.54 bits per heavy atom. The van der Waals surface area contributed by atoms with Crippen LogP contribution in [0.1, 0.15) is 49.4 Å². The molecule has 0 bridgehead atoms. The van der Waals surface area contributed by atoms with E-state index in [1.54, 1.807) is 29.8 Å². The summed E-state index contributed by atoms with van der Waals surface area (Å²) in [4.78, 5) is 13.1. The molecular formula is C20H21ClN4O. The molecule has 0 aliphatic carbocycles. The first-order valence-corrected chi connectivity index (χ1v) is 9.09. The van der Waals surface area contributed by atoms with Crippen LogP contribution in [-0.2, 0) is 7.05 Å². The highest BCUT2D eigenvalue weighted by molar-refractivity contribution is 6.33. The molecule has 3 rings (SSSR count). The van der Waals surface area contributed by atoms with Gasteiger partial charge in [0.25, 0.3) is 5.56 Å². The Kier molecular flexibility index (Phi) is 4.88. The minimum Gasteiger partial charge on any atom is -0.292 e. The number of rotatable bonds is 4. The van der Waals surface area contributed by atoms with Crippen molar-refractivity contribution in [2.24, 2.45) is 7.05 Å². The summed E-state index contributed by atoms with van der Waals surface area (Å²) in [6.07, 6.45) is 1.95. The number of nitriles is 1. The van der Waals surface area contributed by atoms with Crippen LogP contribution in [-0.4, -0.2) is 14.2 Å². The third kappa shape index (κ3) is 2.81. The molecule has 0 atom stereocenters. The van der Waals surface area contributed by atoms with E-state index in [4.69, 9.17) is 22.0 Å². The van der Waals surface area contributed by atoms with Gasteiger partial charge in [0, 0.05) is 18.3 Å². The molecule has 6 heteroatoms. The van der Waals surface area contributed by atoms with E-state index in [1.807, 2.05) is 6.92 Å². The van der Waals surface area contributed by atoms with E-state index in [9.17, 15) is 4.79 Å². The van der Waals surface area contributed by atoms with Gasteiger partial charge in [-0.1, -0.05) is 25.4 Å². The molecule has 5 nitrogen and oxygen atoms in total. The number of aryl methyl sites for hydroxylation is 1. The molecule has 134 valence electrons. The number of aromatic nitrogens is 3. The summed E-state index contributed by atoms with van der Waals surface area (Å²) in [5.41, 5.74) is 3.61. The molecular weight excluding hydrogens is 348 g/mol. The highest BCUT2D eigenvalue weighted by Crippen LogP contribution is 2.30. The lowest BCUT2D eigenvalue weighted by Crippen LogP contribution is -2.24. The van der Waals surface area contributed by atoms with E-state index < -0.39 is 0 Å². The molecule has 1 aromatic carbocycles. The highest BCUT2D eigenvalue weighted by atomic mass is 35.5. The molecule has 0 N–H and O–H groups in total. The van der Waals surface area contributed by atoms with Crippen molar-refractivity contribution in [1.29, 1.82) is 5.26 Å². The predicted molar refractivity (Wildman–Crippen MR) is 104 cm³/mol. The van der Waals surface area contributed by atoms with Crippen LogP contribution in [0, 0.1) is 18.3 Å². The van der Waals surface area contributed by atoms with Crippen molar-refractivity contribution >= 4 is 17.1 Å². The Balaban J connectivity index is 2.32. The standard InChI is InChI=1S/C20H21ClN4O/c1-5-14(6-2)16-9-12(3)25-18(16)20(26)24(4)19(23-25)15-8-7-13(11-22)10-17(15)21/h7-10,14H,5-6H2,1-4H3. The van der Waals surface area contributed by atoms with Crippen molar-refractivity contribution in [1.82, 2.24) is 14.2 Å². The fourth-order valence-corrected chi connectivity index (χ4v) is 3.72. The normalized spacial score (nSPS) is 11.3. The Hall–Kier alpha value is -2.58. The van der Waals surface area contributed by atoms with Crippen LogP contribution in [0.4, 0.5) is 0 Å². The van der Waals surface area contributed by atoms with Crippen molar-refractivity contribution < 1.29 is 0 Å². The van der Waals surface area contributed by atoms with Crippen LogP contribution in [0.5, 0.6) is 0 Å². The van der Waals surface area contributed by atoms with Gasteiger partial charge in [0.2, 0.25) is 0 Å². The van der Waals surface area contributed by atoms with Crippen LogP contribution in [0.15, 0.2) is 29.1 Å². The van der Waals surface area contributed by atoms with Crippen LogP contribution in [0.25, 0.3) is 16.9 Å². The zero-order valence-electron chi connectivity index (χ0n) is 15.4. The number of benzene rings is 1. The second-order valence-electron chi connectivity index (χ2n) is 6.51. The largest absolute Gasteiger partial charge is 0.292 e. The first-order valence-electron chi connectivity index (χ1n) is 8.72. The molecule has 0 fully saturated rings. The maximum atomic E-state index is 13.1. The van der Waals surface area contributed by atoms with Gasteiger partial charge in [0.05, 0.1) is 16.7 Å². The third-order valence-electron chi connectivity index (χ3n) is 4.97. The van der Waals surface area contributed by atoms with Gasteiger partial charge in [-0.05, 0) is 55.5 Å². The van der Waals surface area contributed by atoms with Gasteiger partial charge >= 0.3 is 0 Å². The van der Waals surface area contributed by atoms with Crippen molar-refractivity contribution in [3.05, 3.63) is 56.5 Å². The second-order valence-corrected chi connectivity index (χ2v) is 6.92. The number of halogens is 1. The predicted octanol–water partition coefficient (Wildman–Crippen LogP) is 4.44. The Morgan fingerprint density at radius 2 is 1.96 bits per heavy atom. The molecule has 0 aliphatic rings. The number of hydrogen-bond donors (Lipinski definition) is 0. The topological polar surface area (TPSA) is 63.1 Å². The first-order chi connectivity index (χ1) is 12.4. The van der Waals surface area contributed by atoms with Gasteiger partial charge in [-0.15, -0.1) is 5.10 Å². The van der Waals surface area contributed by atoms with Gasteiger partial charge in [-0.25, -0.2) is 4.52 Å². The second kappa shape index (κ2) is 6.97. The summed E-state index contributed by atoms with van der Waals surface area (Å²) < 4.78 is 3.26. The lowest BCUT2D eigenvalue weighted by molar-refractivity contribution is 0.644. The Labute approximate surface area is 157 Å². The number of nitrogens with zero attached hydrogens (tertiary/aromatic N) is 4. The molecule has 0 radical (unpaired) electrons. The molecule has 0 saturated carbocycles. The lowest BCUT2D eigenvalue weighted by atomic mass is 9.95. The fraction of sp³-hybridized carbons (Fsp3) is 0.350. The molecule has 0 saturated heterocycles. The molecule has 26 heavy (non-hydrogen) atoms. The smallest absolute Gasteiger partial charge is 0.278 e. The molecule has 2 aromatic heterocycles. The maximum absolute atomic E-state index is 13.1. The van der Waals surface area contributed by atoms with E-state index in [-0.39, 0.29) is 5.56 Å². The molecule has 0 unspecified atom stereocenters. The minimum absolute atomic E-state index is 0.0922. The van der Waals surface area contributed by atoms with Crippen LogP contribution in [0.2, 0.25) is 5.02 Å². The zero-order valence-corrected chi connectivity index (χ0v) is 16.1. The van der Waals surface area contributed by atoms with E-state index in [1.165, 1.54) is 4.57 Å².